The lowest BCUT2D eigenvalue weighted by Crippen LogP contribution is -2.34. The van der Waals surface area contributed by atoms with Gasteiger partial charge >= 0.3 is 0 Å². The first kappa shape index (κ1) is 14.4. The van der Waals surface area contributed by atoms with Crippen molar-refractivity contribution in [2.24, 2.45) is 0 Å². The Kier molecular flexibility index (Phi) is 4.24. The predicted molar refractivity (Wildman–Crippen MR) is 89.5 cm³/mol. The molecule has 3 heteroatoms. The van der Waals surface area contributed by atoms with Gasteiger partial charge in [-0.3, -0.25) is 4.79 Å². The molecule has 0 atom stereocenters. The quantitative estimate of drug-likeness (QED) is 0.876. The van der Waals surface area contributed by atoms with E-state index in [-0.39, 0.29) is 5.91 Å². The SMILES string of the molecule is C=CC(=O)N1CCc2ccc(NCc3ccccc3)cc2C1. The molecule has 2 aromatic rings. The Morgan fingerprint density at radius 2 is 2.00 bits per heavy atom. The second-order valence-corrected chi connectivity index (χ2v) is 5.54. The Morgan fingerprint density at radius 3 is 2.77 bits per heavy atom. The van der Waals surface area contributed by atoms with E-state index in [0.717, 1.165) is 25.2 Å². The van der Waals surface area contributed by atoms with Gasteiger partial charge in [0.05, 0.1) is 0 Å². The van der Waals surface area contributed by atoms with Crippen LogP contribution in [0.3, 0.4) is 0 Å². The summed E-state index contributed by atoms with van der Waals surface area (Å²) in [6.07, 6.45) is 2.30. The molecule has 0 fully saturated rings. The van der Waals surface area contributed by atoms with Gasteiger partial charge in [-0.2, -0.15) is 0 Å². The number of hydrogen-bond acceptors (Lipinski definition) is 2. The fourth-order valence-electron chi connectivity index (χ4n) is 2.78. The normalized spacial score (nSPS) is 13.4. The van der Waals surface area contributed by atoms with E-state index in [1.54, 1.807) is 0 Å². The molecule has 1 heterocycles. The Morgan fingerprint density at radius 1 is 1.18 bits per heavy atom. The van der Waals surface area contributed by atoms with Gasteiger partial charge in [0.25, 0.3) is 0 Å². The number of nitrogens with one attached hydrogen (secondary N) is 1. The van der Waals surface area contributed by atoms with E-state index in [1.165, 1.54) is 22.8 Å². The van der Waals surface area contributed by atoms with Crippen molar-refractivity contribution >= 4 is 11.6 Å². The van der Waals surface area contributed by atoms with Crippen LogP contribution in [0.5, 0.6) is 0 Å². The van der Waals surface area contributed by atoms with E-state index in [2.05, 4.69) is 42.2 Å². The molecule has 0 aromatic heterocycles. The number of amides is 1. The van der Waals surface area contributed by atoms with Gasteiger partial charge in [-0.05, 0) is 41.3 Å². The number of hydrogen-bond donors (Lipinski definition) is 1. The third-order valence-electron chi connectivity index (χ3n) is 4.04. The van der Waals surface area contributed by atoms with Crippen LogP contribution < -0.4 is 5.32 Å². The van der Waals surface area contributed by atoms with E-state index < -0.39 is 0 Å². The molecule has 0 unspecified atom stereocenters. The van der Waals surface area contributed by atoms with Crippen LogP contribution in [-0.4, -0.2) is 17.4 Å². The van der Waals surface area contributed by atoms with Crippen molar-refractivity contribution < 1.29 is 4.79 Å². The highest BCUT2D eigenvalue weighted by Gasteiger charge is 2.18. The summed E-state index contributed by atoms with van der Waals surface area (Å²) in [6.45, 7) is 5.81. The van der Waals surface area contributed by atoms with Crippen molar-refractivity contribution in [1.29, 1.82) is 0 Å². The minimum Gasteiger partial charge on any atom is -0.381 e. The average molecular weight is 292 g/mol. The lowest BCUT2D eigenvalue weighted by atomic mass is 9.99. The molecule has 0 bridgehead atoms. The van der Waals surface area contributed by atoms with Crippen molar-refractivity contribution in [3.05, 3.63) is 77.9 Å². The van der Waals surface area contributed by atoms with Crippen LogP contribution in [-0.2, 0) is 24.3 Å². The highest BCUT2D eigenvalue weighted by atomic mass is 16.2. The van der Waals surface area contributed by atoms with Gasteiger partial charge in [0.2, 0.25) is 5.91 Å². The summed E-state index contributed by atoms with van der Waals surface area (Å²) in [4.78, 5) is 13.6. The van der Waals surface area contributed by atoms with Crippen LogP contribution in [0.15, 0.2) is 61.2 Å². The third kappa shape index (κ3) is 3.19. The Balaban J connectivity index is 1.70. The number of rotatable bonds is 4. The summed E-state index contributed by atoms with van der Waals surface area (Å²) >= 11 is 0. The molecule has 3 nitrogen and oxygen atoms in total. The summed E-state index contributed by atoms with van der Waals surface area (Å²) in [5, 5.41) is 3.45. The van der Waals surface area contributed by atoms with Crippen molar-refractivity contribution in [3.63, 3.8) is 0 Å². The molecule has 112 valence electrons. The molecule has 0 spiro atoms. The van der Waals surface area contributed by atoms with Crippen LogP contribution in [0.4, 0.5) is 5.69 Å². The third-order valence-corrected chi connectivity index (χ3v) is 4.04. The largest absolute Gasteiger partial charge is 0.381 e. The highest BCUT2D eigenvalue weighted by molar-refractivity contribution is 5.87. The molecular formula is C19H20N2O. The van der Waals surface area contributed by atoms with Crippen LogP contribution in [0.2, 0.25) is 0 Å². The topological polar surface area (TPSA) is 32.3 Å². The number of anilines is 1. The van der Waals surface area contributed by atoms with Crippen LogP contribution in [0.1, 0.15) is 16.7 Å². The molecule has 22 heavy (non-hydrogen) atoms. The van der Waals surface area contributed by atoms with Gasteiger partial charge in [-0.25, -0.2) is 0 Å². The van der Waals surface area contributed by atoms with E-state index in [9.17, 15) is 4.79 Å². The number of carbonyl (C=O) groups is 1. The van der Waals surface area contributed by atoms with Crippen molar-refractivity contribution in [2.75, 3.05) is 11.9 Å². The predicted octanol–water partition coefficient (Wildman–Crippen LogP) is 3.37. The molecule has 1 aliphatic rings. The maximum Gasteiger partial charge on any atom is 0.246 e. The number of carbonyl (C=O) groups excluding carboxylic acids is 1. The Bertz CT molecular complexity index is 679. The van der Waals surface area contributed by atoms with Gasteiger partial charge in [0.15, 0.2) is 0 Å². The first-order valence-electron chi connectivity index (χ1n) is 7.57. The first-order chi connectivity index (χ1) is 10.8. The molecule has 0 radical (unpaired) electrons. The molecule has 3 rings (SSSR count). The average Bonchev–Trinajstić information content (AvgIpc) is 2.59. The molecule has 0 saturated heterocycles. The van der Waals surface area contributed by atoms with Gasteiger partial charge in [-0.1, -0.05) is 43.0 Å². The zero-order valence-corrected chi connectivity index (χ0v) is 12.6. The molecule has 0 saturated carbocycles. The summed E-state index contributed by atoms with van der Waals surface area (Å²) in [7, 11) is 0. The summed E-state index contributed by atoms with van der Waals surface area (Å²) in [5.41, 5.74) is 4.90. The standard InChI is InChI=1S/C19H20N2O/c1-2-19(22)21-11-10-16-8-9-18(12-17(16)14-21)20-13-15-6-4-3-5-7-15/h2-9,12,20H,1,10-11,13-14H2. The van der Waals surface area contributed by atoms with E-state index in [1.807, 2.05) is 23.1 Å². The molecule has 1 N–H and O–H groups in total. The van der Waals surface area contributed by atoms with Crippen LogP contribution >= 0.6 is 0 Å². The maximum atomic E-state index is 11.8. The van der Waals surface area contributed by atoms with Crippen LogP contribution in [0, 0.1) is 0 Å². The summed E-state index contributed by atoms with van der Waals surface area (Å²) in [5.74, 6) is 0.00768. The van der Waals surface area contributed by atoms with Gasteiger partial charge in [0.1, 0.15) is 0 Å². The van der Waals surface area contributed by atoms with Gasteiger partial charge < -0.3 is 10.2 Å². The van der Waals surface area contributed by atoms with Crippen molar-refractivity contribution in [2.45, 2.75) is 19.5 Å². The number of fused-ring (bicyclic) bond motifs is 1. The van der Waals surface area contributed by atoms with Crippen LogP contribution in [0.25, 0.3) is 0 Å². The van der Waals surface area contributed by atoms with Gasteiger partial charge in [-0.15, -0.1) is 0 Å². The maximum absolute atomic E-state index is 11.8. The van der Waals surface area contributed by atoms with Crippen molar-refractivity contribution in [3.8, 4) is 0 Å². The first-order valence-corrected chi connectivity index (χ1v) is 7.57. The van der Waals surface area contributed by atoms with Gasteiger partial charge in [0, 0.05) is 25.3 Å². The zero-order valence-electron chi connectivity index (χ0n) is 12.6. The number of nitrogens with zero attached hydrogens (tertiary/aromatic N) is 1. The van der Waals surface area contributed by atoms with E-state index in [4.69, 9.17) is 0 Å². The molecule has 0 aliphatic carbocycles. The zero-order chi connectivity index (χ0) is 15.4. The smallest absolute Gasteiger partial charge is 0.246 e. The fraction of sp³-hybridized carbons (Fsp3) is 0.211. The Hall–Kier alpha value is -2.55. The summed E-state index contributed by atoms with van der Waals surface area (Å²) in [6, 6.07) is 16.8. The van der Waals surface area contributed by atoms with Crippen molar-refractivity contribution in [1.82, 2.24) is 4.90 Å². The summed E-state index contributed by atoms with van der Waals surface area (Å²) < 4.78 is 0. The number of benzene rings is 2. The monoisotopic (exact) mass is 292 g/mol. The Labute approximate surface area is 131 Å². The second-order valence-electron chi connectivity index (χ2n) is 5.54. The van der Waals surface area contributed by atoms with E-state index in [0.29, 0.717) is 6.54 Å². The second kappa shape index (κ2) is 6.48. The molecule has 1 amide bonds. The highest BCUT2D eigenvalue weighted by Crippen LogP contribution is 2.23. The molecule has 2 aromatic carbocycles. The van der Waals surface area contributed by atoms with E-state index >= 15 is 0 Å². The molecular weight excluding hydrogens is 272 g/mol. The lowest BCUT2D eigenvalue weighted by molar-refractivity contribution is -0.126. The minimum absolute atomic E-state index is 0.00768. The fourth-order valence-corrected chi connectivity index (χ4v) is 2.78. The lowest BCUT2D eigenvalue weighted by Gasteiger charge is -2.28. The molecule has 1 aliphatic heterocycles. The minimum atomic E-state index is 0.00768.